The number of ether oxygens (including phenoxy) is 1. The fourth-order valence-corrected chi connectivity index (χ4v) is 7.58. The van der Waals surface area contributed by atoms with E-state index >= 15 is 0 Å². The Morgan fingerprint density at radius 2 is 1.74 bits per heavy atom. The lowest BCUT2D eigenvalue weighted by Crippen LogP contribution is -2.51. The van der Waals surface area contributed by atoms with Crippen LogP contribution in [0, 0.1) is 23.2 Å². The van der Waals surface area contributed by atoms with E-state index < -0.39 is 0 Å². The third kappa shape index (κ3) is 3.80. The smallest absolute Gasteiger partial charge is 0.230 e. The molecule has 0 radical (unpaired) electrons. The number of rotatable bonds is 5. The Labute approximate surface area is 167 Å². The number of anilines is 1. The molecule has 0 spiro atoms. The Morgan fingerprint density at radius 1 is 1.07 bits per heavy atom. The number of hydrogen-bond donors (Lipinski definition) is 1. The molecular formula is C23H31NO2S. The van der Waals surface area contributed by atoms with E-state index in [1.54, 1.807) is 0 Å². The van der Waals surface area contributed by atoms with Gasteiger partial charge in [-0.25, -0.2) is 0 Å². The van der Waals surface area contributed by atoms with Crippen molar-refractivity contribution in [3.05, 3.63) is 29.8 Å². The molecule has 0 aromatic heterocycles. The molecule has 5 aliphatic rings. The van der Waals surface area contributed by atoms with Crippen LogP contribution in [0.4, 0.5) is 5.69 Å². The van der Waals surface area contributed by atoms with Crippen molar-refractivity contribution in [3.63, 3.8) is 0 Å². The van der Waals surface area contributed by atoms with Gasteiger partial charge in [0.2, 0.25) is 5.91 Å². The first-order valence-electron chi connectivity index (χ1n) is 10.8. The van der Waals surface area contributed by atoms with E-state index in [1.807, 2.05) is 11.8 Å². The maximum Gasteiger partial charge on any atom is 0.230 e. The molecule has 1 aliphatic heterocycles. The SMILES string of the molecule is O=C(Nc1cccc(CSC2CCOCC2)c1)C12CC3CC(CC(C3)C1)C2. The monoisotopic (exact) mass is 385 g/mol. The predicted octanol–water partition coefficient (Wildman–Crippen LogP) is 5.25. The van der Waals surface area contributed by atoms with Gasteiger partial charge in [-0.2, -0.15) is 11.8 Å². The molecule has 4 saturated carbocycles. The number of benzene rings is 1. The fourth-order valence-electron chi connectivity index (χ4n) is 6.45. The topological polar surface area (TPSA) is 38.3 Å². The molecule has 3 nitrogen and oxygen atoms in total. The van der Waals surface area contributed by atoms with Crippen molar-refractivity contribution in [2.75, 3.05) is 18.5 Å². The van der Waals surface area contributed by atoms with Crippen LogP contribution >= 0.6 is 11.8 Å². The predicted molar refractivity (Wildman–Crippen MR) is 111 cm³/mol. The van der Waals surface area contributed by atoms with E-state index in [1.165, 1.54) is 24.8 Å². The zero-order chi connectivity index (χ0) is 18.3. The van der Waals surface area contributed by atoms with Crippen molar-refractivity contribution in [3.8, 4) is 0 Å². The minimum absolute atomic E-state index is 0.0679. The van der Waals surface area contributed by atoms with Crippen LogP contribution in [0.1, 0.15) is 56.9 Å². The molecule has 1 aromatic carbocycles. The van der Waals surface area contributed by atoms with E-state index in [9.17, 15) is 4.79 Å². The second kappa shape index (κ2) is 7.44. The van der Waals surface area contributed by atoms with Gasteiger partial charge < -0.3 is 10.1 Å². The maximum absolute atomic E-state index is 13.3. The van der Waals surface area contributed by atoms with Crippen molar-refractivity contribution in [2.45, 2.75) is 62.4 Å². The van der Waals surface area contributed by atoms with Crippen LogP contribution < -0.4 is 5.32 Å². The van der Waals surface area contributed by atoms with Gasteiger partial charge >= 0.3 is 0 Å². The average Bonchev–Trinajstić information content (AvgIpc) is 2.66. The van der Waals surface area contributed by atoms with Crippen LogP contribution in [-0.2, 0) is 15.3 Å². The van der Waals surface area contributed by atoms with Gasteiger partial charge in [-0.3, -0.25) is 4.79 Å². The molecule has 1 saturated heterocycles. The van der Waals surface area contributed by atoms with Crippen LogP contribution in [0.2, 0.25) is 0 Å². The maximum atomic E-state index is 13.3. The largest absolute Gasteiger partial charge is 0.381 e. The highest BCUT2D eigenvalue weighted by atomic mass is 32.2. The summed E-state index contributed by atoms with van der Waals surface area (Å²) in [5.74, 6) is 3.75. The van der Waals surface area contributed by atoms with Crippen molar-refractivity contribution < 1.29 is 9.53 Å². The molecule has 146 valence electrons. The second-order valence-electron chi connectivity index (χ2n) is 9.48. The van der Waals surface area contributed by atoms with Crippen molar-refractivity contribution in [1.82, 2.24) is 0 Å². The first-order chi connectivity index (χ1) is 13.2. The van der Waals surface area contributed by atoms with Crippen molar-refractivity contribution >= 4 is 23.4 Å². The molecule has 0 unspecified atom stereocenters. The van der Waals surface area contributed by atoms with E-state index in [0.29, 0.717) is 11.2 Å². The molecule has 5 fully saturated rings. The Hall–Kier alpha value is -1.00. The van der Waals surface area contributed by atoms with Gasteiger partial charge in [0.1, 0.15) is 0 Å². The summed E-state index contributed by atoms with van der Waals surface area (Å²) in [5.41, 5.74) is 2.23. The third-order valence-electron chi connectivity index (χ3n) is 7.36. The number of carbonyl (C=O) groups excluding carboxylic acids is 1. The summed E-state index contributed by atoms with van der Waals surface area (Å²) in [7, 11) is 0. The van der Waals surface area contributed by atoms with E-state index in [2.05, 4.69) is 29.6 Å². The number of amides is 1. The zero-order valence-corrected chi connectivity index (χ0v) is 16.9. The Kier molecular flexibility index (Phi) is 4.97. The minimum atomic E-state index is -0.0679. The standard InChI is InChI=1S/C23H31NO2S/c25-22(23-12-17-8-18(13-23)10-19(9-17)14-23)24-20-3-1-2-16(11-20)15-27-21-4-6-26-7-5-21/h1-3,11,17-19,21H,4-10,12-15H2,(H,24,25). The van der Waals surface area contributed by atoms with Gasteiger partial charge in [0.15, 0.2) is 0 Å². The first kappa shape index (κ1) is 18.1. The molecule has 4 bridgehead atoms. The van der Waals surface area contributed by atoms with Gasteiger partial charge in [-0.1, -0.05) is 12.1 Å². The Morgan fingerprint density at radius 3 is 2.41 bits per heavy atom. The Balaban J connectivity index is 1.22. The summed E-state index contributed by atoms with van der Waals surface area (Å²) in [6.45, 7) is 1.80. The molecule has 27 heavy (non-hydrogen) atoms. The second-order valence-corrected chi connectivity index (χ2v) is 10.8. The van der Waals surface area contributed by atoms with Crippen LogP contribution in [-0.4, -0.2) is 24.4 Å². The van der Waals surface area contributed by atoms with Gasteiger partial charge in [-0.15, -0.1) is 0 Å². The lowest BCUT2D eigenvalue weighted by Gasteiger charge is -2.55. The molecule has 4 aliphatic carbocycles. The molecule has 1 aromatic rings. The van der Waals surface area contributed by atoms with Gasteiger partial charge in [0.05, 0.1) is 5.41 Å². The molecule has 1 heterocycles. The quantitative estimate of drug-likeness (QED) is 0.752. The summed E-state index contributed by atoms with van der Waals surface area (Å²) in [5, 5.41) is 4.02. The number of thioether (sulfide) groups is 1. The lowest BCUT2D eigenvalue weighted by atomic mass is 9.49. The fraction of sp³-hybridized carbons (Fsp3) is 0.696. The van der Waals surface area contributed by atoms with E-state index in [0.717, 1.165) is 74.5 Å². The first-order valence-corrected chi connectivity index (χ1v) is 11.8. The van der Waals surface area contributed by atoms with E-state index in [4.69, 9.17) is 4.74 Å². The summed E-state index contributed by atoms with van der Waals surface area (Å²) >= 11 is 2.03. The highest BCUT2D eigenvalue weighted by molar-refractivity contribution is 7.99. The Bertz CT molecular complexity index is 662. The van der Waals surface area contributed by atoms with Crippen molar-refractivity contribution in [2.24, 2.45) is 23.2 Å². The minimum Gasteiger partial charge on any atom is -0.381 e. The van der Waals surface area contributed by atoms with Gasteiger partial charge in [0, 0.05) is 29.9 Å². The molecule has 1 N–H and O–H groups in total. The normalized spacial score (nSPS) is 35.3. The molecule has 6 rings (SSSR count). The molecule has 1 amide bonds. The van der Waals surface area contributed by atoms with Crippen LogP contribution in [0.25, 0.3) is 0 Å². The van der Waals surface area contributed by atoms with Crippen LogP contribution in [0.5, 0.6) is 0 Å². The number of hydrogen-bond acceptors (Lipinski definition) is 3. The summed E-state index contributed by atoms with van der Waals surface area (Å²) < 4.78 is 5.45. The summed E-state index contributed by atoms with van der Waals surface area (Å²) in [6, 6.07) is 8.52. The van der Waals surface area contributed by atoms with Crippen LogP contribution in [0.3, 0.4) is 0 Å². The highest BCUT2D eigenvalue weighted by Gasteiger charge is 2.54. The third-order valence-corrected chi connectivity index (χ3v) is 8.80. The van der Waals surface area contributed by atoms with Gasteiger partial charge in [0.25, 0.3) is 0 Å². The average molecular weight is 386 g/mol. The zero-order valence-electron chi connectivity index (χ0n) is 16.1. The summed E-state index contributed by atoms with van der Waals surface area (Å²) in [6.07, 6.45) is 9.85. The lowest BCUT2D eigenvalue weighted by molar-refractivity contribution is -0.140. The molecule has 4 heteroatoms. The highest BCUT2D eigenvalue weighted by Crippen LogP contribution is 2.60. The number of nitrogens with one attached hydrogen (secondary N) is 1. The summed E-state index contributed by atoms with van der Waals surface area (Å²) in [4.78, 5) is 13.3. The molecule has 0 atom stereocenters. The van der Waals surface area contributed by atoms with E-state index in [-0.39, 0.29) is 5.41 Å². The van der Waals surface area contributed by atoms with Crippen molar-refractivity contribution in [1.29, 1.82) is 0 Å². The molecular weight excluding hydrogens is 354 g/mol. The van der Waals surface area contributed by atoms with Crippen LogP contribution in [0.15, 0.2) is 24.3 Å². The van der Waals surface area contributed by atoms with Gasteiger partial charge in [-0.05, 0) is 86.8 Å². The number of carbonyl (C=O) groups is 1.